The van der Waals surface area contributed by atoms with Crippen molar-refractivity contribution in [3.63, 3.8) is 0 Å². The lowest BCUT2D eigenvalue weighted by molar-refractivity contribution is -0.261. The van der Waals surface area contributed by atoms with Crippen molar-refractivity contribution in [1.82, 2.24) is 0 Å². The lowest BCUT2D eigenvalue weighted by Gasteiger charge is -2.64. The maximum Gasteiger partial charge on any atom is 0.0735 e. The second kappa shape index (κ2) is 7.80. The lowest BCUT2D eigenvalue weighted by Crippen LogP contribution is -2.64. The summed E-state index contributed by atoms with van der Waals surface area (Å²) < 4.78 is 6.69. The first kappa shape index (κ1) is 22.1. The van der Waals surface area contributed by atoms with Crippen LogP contribution in [0.25, 0.3) is 0 Å². The Morgan fingerprint density at radius 1 is 0.931 bits per heavy atom. The van der Waals surface area contributed by atoms with Crippen LogP contribution >= 0.6 is 0 Å². The predicted molar refractivity (Wildman–Crippen MR) is 121 cm³/mol. The number of hydrogen-bond donors (Lipinski definition) is 1. The Morgan fingerprint density at radius 3 is 2.41 bits per heavy atom. The van der Waals surface area contributed by atoms with Gasteiger partial charge in [-0.2, -0.15) is 0 Å². The van der Waals surface area contributed by atoms with Crippen molar-refractivity contribution in [2.45, 2.75) is 117 Å². The summed E-state index contributed by atoms with van der Waals surface area (Å²) in [4.78, 5) is 0. The fraction of sp³-hybridized carbons (Fsp3) is 1.00. The third kappa shape index (κ3) is 3.53. The van der Waals surface area contributed by atoms with Crippen LogP contribution < -0.4 is 0 Å². The fourth-order valence-electron chi connectivity index (χ4n) is 8.93. The second-order valence-electron chi connectivity index (χ2n) is 12.8. The van der Waals surface area contributed by atoms with Gasteiger partial charge in [-0.1, -0.05) is 53.9 Å². The summed E-state index contributed by atoms with van der Waals surface area (Å²) in [6, 6.07) is 0. The molecule has 168 valence electrons. The van der Waals surface area contributed by atoms with Crippen molar-refractivity contribution >= 4 is 0 Å². The Morgan fingerprint density at radius 2 is 1.69 bits per heavy atom. The van der Waals surface area contributed by atoms with Gasteiger partial charge in [-0.3, -0.25) is 0 Å². The van der Waals surface area contributed by atoms with Gasteiger partial charge in [0.25, 0.3) is 0 Å². The number of aliphatic hydroxyl groups is 1. The third-order valence-corrected chi connectivity index (χ3v) is 10.9. The van der Waals surface area contributed by atoms with Crippen molar-refractivity contribution in [1.29, 1.82) is 0 Å². The van der Waals surface area contributed by atoms with Crippen molar-refractivity contribution in [2.24, 2.45) is 46.3 Å². The summed E-state index contributed by atoms with van der Waals surface area (Å²) in [7, 11) is 0. The van der Waals surface area contributed by atoms with Crippen LogP contribution in [0.15, 0.2) is 0 Å². The molecule has 2 nitrogen and oxygen atoms in total. The highest BCUT2D eigenvalue weighted by Crippen LogP contribution is 2.68. The molecule has 0 aromatic heterocycles. The Kier molecular flexibility index (Phi) is 5.95. The normalized spacial score (nSPS) is 50.7. The second-order valence-corrected chi connectivity index (χ2v) is 12.8. The van der Waals surface area contributed by atoms with Crippen molar-refractivity contribution in [3.8, 4) is 0 Å². The highest BCUT2D eigenvalue weighted by atomic mass is 16.5. The van der Waals surface area contributed by atoms with Crippen molar-refractivity contribution < 1.29 is 9.84 Å². The molecular weight excluding hydrogens is 356 g/mol. The van der Waals surface area contributed by atoms with Crippen LogP contribution in [-0.4, -0.2) is 23.4 Å². The van der Waals surface area contributed by atoms with Crippen LogP contribution in [0.1, 0.15) is 106 Å². The van der Waals surface area contributed by atoms with Crippen molar-refractivity contribution in [3.05, 3.63) is 0 Å². The minimum atomic E-state index is -0.166. The quantitative estimate of drug-likeness (QED) is 0.543. The summed E-state index contributed by atoms with van der Waals surface area (Å²) in [5.41, 5.74) is 0.652. The minimum Gasteiger partial charge on any atom is -0.393 e. The van der Waals surface area contributed by atoms with Gasteiger partial charge < -0.3 is 9.84 Å². The summed E-state index contributed by atoms with van der Waals surface area (Å²) in [5, 5.41) is 10.3. The van der Waals surface area contributed by atoms with E-state index in [1.54, 1.807) is 0 Å². The topological polar surface area (TPSA) is 29.5 Å². The zero-order valence-corrected chi connectivity index (χ0v) is 20.2. The first-order valence-electron chi connectivity index (χ1n) is 12.9. The smallest absolute Gasteiger partial charge is 0.0735 e. The van der Waals surface area contributed by atoms with Crippen LogP contribution in [0.2, 0.25) is 0 Å². The van der Waals surface area contributed by atoms with Crippen molar-refractivity contribution in [2.75, 3.05) is 6.61 Å². The summed E-state index contributed by atoms with van der Waals surface area (Å²) in [6.45, 7) is 15.7. The molecule has 9 unspecified atom stereocenters. The van der Waals surface area contributed by atoms with E-state index < -0.39 is 0 Å². The largest absolute Gasteiger partial charge is 0.393 e. The first-order chi connectivity index (χ1) is 13.6. The van der Waals surface area contributed by atoms with Crippen LogP contribution in [-0.2, 0) is 4.74 Å². The molecule has 1 saturated heterocycles. The number of fused-ring (bicyclic) bond motifs is 5. The van der Waals surface area contributed by atoms with Gasteiger partial charge in [-0.05, 0) is 91.8 Å². The fourth-order valence-corrected chi connectivity index (χ4v) is 8.93. The van der Waals surface area contributed by atoms with E-state index in [9.17, 15) is 5.11 Å². The van der Waals surface area contributed by atoms with E-state index in [0.717, 1.165) is 61.4 Å². The van der Waals surface area contributed by atoms with E-state index in [2.05, 4.69) is 41.5 Å². The SMILES string of the molecule is CC(C)CCCC(C)C1CCC2C3COC4(C)CC(O)CCC4(C)C3CCC12C. The maximum absolute atomic E-state index is 10.3. The molecule has 3 aliphatic carbocycles. The number of hydrogen-bond acceptors (Lipinski definition) is 2. The average molecular weight is 405 g/mol. The monoisotopic (exact) mass is 404 g/mol. The van der Waals surface area contributed by atoms with Crippen LogP contribution in [0, 0.1) is 46.3 Å². The molecule has 29 heavy (non-hydrogen) atoms. The molecule has 1 heterocycles. The Hall–Kier alpha value is -0.0800. The van der Waals surface area contributed by atoms with E-state index in [-0.39, 0.29) is 17.1 Å². The highest BCUT2D eigenvalue weighted by Gasteiger charge is 2.64. The Labute approximate surface area is 180 Å². The Bertz CT molecular complexity index is 587. The van der Waals surface area contributed by atoms with Crippen LogP contribution in [0.4, 0.5) is 0 Å². The zero-order chi connectivity index (χ0) is 21.0. The standard InChI is InChI=1S/C27H48O2/c1-18(2)8-7-9-19(3)22-10-11-23-21-17-29-27(6)16-20(28)12-15-26(27,5)24(21)13-14-25(22,23)4/h18-24,28H,7-17H2,1-6H3. The van der Waals surface area contributed by atoms with E-state index in [4.69, 9.17) is 4.74 Å². The molecule has 0 radical (unpaired) electrons. The van der Waals surface area contributed by atoms with Gasteiger partial charge >= 0.3 is 0 Å². The molecule has 3 saturated carbocycles. The molecular formula is C27H48O2. The molecule has 2 heteroatoms. The molecule has 1 aliphatic heterocycles. The van der Waals surface area contributed by atoms with Gasteiger partial charge in [0.05, 0.1) is 18.3 Å². The Balaban J connectivity index is 1.49. The van der Waals surface area contributed by atoms with Gasteiger partial charge in [0, 0.05) is 6.42 Å². The molecule has 4 fully saturated rings. The molecule has 0 aromatic carbocycles. The number of rotatable bonds is 5. The third-order valence-electron chi connectivity index (χ3n) is 10.9. The maximum atomic E-state index is 10.3. The first-order valence-corrected chi connectivity index (χ1v) is 12.9. The van der Waals surface area contributed by atoms with Crippen LogP contribution in [0.3, 0.4) is 0 Å². The minimum absolute atomic E-state index is 0.123. The molecule has 4 rings (SSSR count). The molecule has 0 bridgehead atoms. The summed E-state index contributed by atoms with van der Waals surface area (Å²) in [5.74, 6) is 5.02. The van der Waals surface area contributed by atoms with E-state index in [0.29, 0.717) is 5.41 Å². The van der Waals surface area contributed by atoms with E-state index >= 15 is 0 Å². The van der Waals surface area contributed by atoms with Gasteiger partial charge in [0.15, 0.2) is 0 Å². The molecule has 1 N–H and O–H groups in total. The van der Waals surface area contributed by atoms with Gasteiger partial charge in [0.1, 0.15) is 0 Å². The zero-order valence-electron chi connectivity index (χ0n) is 20.2. The summed E-state index contributed by atoms with van der Waals surface area (Å²) >= 11 is 0. The summed E-state index contributed by atoms with van der Waals surface area (Å²) in [6.07, 6.45) is 12.7. The lowest BCUT2D eigenvalue weighted by atomic mass is 9.46. The number of ether oxygens (including phenoxy) is 1. The highest BCUT2D eigenvalue weighted by molar-refractivity contribution is 5.13. The van der Waals surface area contributed by atoms with Gasteiger partial charge in [0.2, 0.25) is 0 Å². The van der Waals surface area contributed by atoms with Crippen LogP contribution in [0.5, 0.6) is 0 Å². The predicted octanol–water partition coefficient (Wildman–Crippen LogP) is 6.85. The number of aliphatic hydroxyl groups excluding tert-OH is 1. The molecule has 9 atom stereocenters. The van der Waals surface area contributed by atoms with E-state index in [1.807, 2.05) is 0 Å². The van der Waals surface area contributed by atoms with E-state index in [1.165, 1.54) is 44.9 Å². The van der Waals surface area contributed by atoms with Gasteiger partial charge in [-0.15, -0.1) is 0 Å². The van der Waals surface area contributed by atoms with Gasteiger partial charge in [-0.25, -0.2) is 0 Å². The molecule has 0 amide bonds. The molecule has 4 aliphatic rings. The molecule has 0 aromatic rings. The molecule has 0 spiro atoms. The average Bonchev–Trinajstić information content (AvgIpc) is 2.99.